The molecule has 2 N–H and O–H groups in total. The van der Waals surface area contributed by atoms with Crippen LogP contribution in [0.15, 0.2) is 35.7 Å². The molecular formula is C19H11F3INO4S. The molecular weight excluding hydrogens is 522 g/mol. The van der Waals surface area contributed by atoms with Crippen LogP contribution in [-0.4, -0.2) is 24.1 Å². The SMILES string of the molecule is COc1cc(F)c(C(=O)Nc2csc(-c3ccc(I)cc3)c2C(=O)O)c(F)c1F. The van der Waals surface area contributed by atoms with Crippen molar-refractivity contribution in [2.75, 3.05) is 12.4 Å². The van der Waals surface area contributed by atoms with Gasteiger partial charge in [0, 0.05) is 15.0 Å². The molecule has 3 aromatic rings. The first-order chi connectivity index (χ1) is 13.7. The summed E-state index contributed by atoms with van der Waals surface area (Å²) in [6, 6.07) is 7.53. The van der Waals surface area contributed by atoms with Gasteiger partial charge in [0.15, 0.2) is 11.6 Å². The van der Waals surface area contributed by atoms with Gasteiger partial charge in [0.1, 0.15) is 16.9 Å². The Kier molecular flexibility index (Phi) is 6.13. The minimum absolute atomic E-state index is 0.156. The maximum atomic E-state index is 14.2. The third-order valence-corrected chi connectivity index (χ3v) is 5.68. The third-order valence-electron chi connectivity index (χ3n) is 3.93. The lowest BCUT2D eigenvalue weighted by molar-refractivity contribution is 0.0699. The average Bonchev–Trinajstić information content (AvgIpc) is 3.09. The van der Waals surface area contributed by atoms with Gasteiger partial charge in [0.25, 0.3) is 5.91 Å². The summed E-state index contributed by atoms with van der Waals surface area (Å²) >= 11 is 3.14. The van der Waals surface area contributed by atoms with Gasteiger partial charge in [-0.15, -0.1) is 11.3 Å². The summed E-state index contributed by atoms with van der Waals surface area (Å²) in [5, 5.41) is 13.1. The number of amides is 1. The van der Waals surface area contributed by atoms with Crippen LogP contribution in [0, 0.1) is 21.0 Å². The topological polar surface area (TPSA) is 75.6 Å². The van der Waals surface area contributed by atoms with Gasteiger partial charge in [0.2, 0.25) is 5.82 Å². The van der Waals surface area contributed by atoms with Crippen LogP contribution in [0.3, 0.4) is 0 Å². The van der Waals surface area contributed by atoms with Crippen molar-refractivity contribution in [2.45, 2.75) is 0 Å². The molecule has 5 nitrogen and oxygen atoms in total. The Bertz CT molecular complexity index is 1120. The van der Waals surface area contributed by atoms with E-state index in [1.165, 1.54) is 5.38 Å². The second-order valence-corrected chi connectivity index (χ2v) is 7.81. The maximum absolute atomic E-state index is 14.2. The molecule has 0 saturated heterocycles. The Balaban J connectivity index is 2.01. The van der Waals surface area contributed by atoms with Gasteiger partial charge in [-0.2, -0.15) is 4.39 Å². The Morgan fingerprint density at radius 2 is 1.76 bits per heavy atom. The number of carbonyl (C=O) groups is 2. The van der Waals surface area contributed by atoms with Crippen LogP contribution in [0.25, 0.3) is 10.4 Å². The Morgan fingerprint density at radius 1 is 1.10 bits per heavy atom. The van der Waals surface area contributed by atoms with Crippen LogP contribution in [0.4, 0.5) is 18.9 Å². The quantitative estimate of drug-likeness (QED) is 0.341. The molecule has 1 amide bonds. The number of thiophene rings is 1. The van der Waals surface area contributed by atoms with Crippen molar-refractivity contribution in [3.8, 4) is 16.2 Å². The number of aromatic carboxylic acids is 1. The molecule has 0 saturated carbocycles. The number of hydrogen-bond donors (Lipinski definition) is 2. The van der Waals surface area contributed by atoms with E-state index in [1.54, 1.807) is 24.3 Å². The van der Waals surface area contributed by atoms with E-state index in [-0.39, 0.29) is 11.3 Å². The average molecular weight is 533 g/mol. The molecule has 0 unspecified atom stereocenters. The Hall–Kier alpha value is -2.60. The molecule has 0 radical (unpaired) electrons. The van der Waals surface area contributed by atoms with Crippen LogP contribution in [0.5, 0.6) is 5.75 Å². The summed E-state index contributed by atoms with van der Waals surface area (Å²) in [5.41, 5.74) is -0.974. The van der Waals surface area contributed by atoms with Gasteiger partial charge in [-0.25, -0.2) is 13.6 Å². The highest BCUT2D eigenvalue weighted by Gasteiger charge is 2.27. The van der Waals surface area contributed by atoms with E-state index in [0.717, 1.165) is 22.0 Å². The number of hydrogen-bond acceptors (Lipinski definition) is 4. The van der Waals surface area contributed by atoms with Crippen LogP contribution in [-0.2, 0) is 0 Å². The Labute approximate surface area is 180 Å². The molecule has 0 aliphatic carbocycles. The third kappa shape index (κ3) is 4.08. The van der Waals surface area contributed by atoms with E-state index in [9.17, 15) is 27.9 Å². The second kappa shape index (κ2) is 8.41. The molecule has 0 atom stereocenters. The van der Waals surface area contributed by atoms with Crippen molar-refractivity contribution >= 4 is 51.5 Å². The predicted molar refractivity (Wildman–Crippen MR) is 110 cm³/mol. The molecule has 0 aliphatic heterocycles. The van der Waals surface area contributed by atoms with Gasteiger partial charge in [-0.1, -0.05) is 12.1 Å². The largest absolute Gasteiger partial charge is 0.493 e. The van der Waals surface area contributed by atoms with Gasteiger partial charge in [0.05, 0.1) is 17.7 Å². The number of nitrogens with one attached hydrogen (secondary N) is 1. The lowest BCUT2D eigenvalue weighted by Gasteiger charge is -2.10. The van der Waals surface area contributed by atoms with Crippen LogP contribution in [0.2, 0.25) is 0 Å². The molecule has 150 valence electrons. The van der Waals surface area contributed by atoms with Crippen molar-refractivity contribution in [1.82, 2.24) is 0 Å². The number of methoxy groups -OCH3 is 1. The normalized spacial score (nSPS) is 10.7. The predicted octanol–water partition coefficient (Wildman–Crippen LogP) is 5.40. The van der Waals surface area contributed by atoms with Gasteiger partial charge in [-0.05, 0) is 40.3 Å². The Morgan fingerprint density at radius 3 is 2.34 bits per heavy atom. The van der Waals surface area contributed by atoms with Crippen LogP contribution >= 0.6 is 33.9 Å². The number of halogens is 4. The number of anilines is 1. The smallest absolute Gasteiger partial charge is 0.339 e. The van der Waals surface area contributed by atoms with Crippen molar-refractivity contribution in [3.63, 3.8) is 0 Å². The van der Waals surface area contributed by atoms with E-state index < -0.39 is 40.6 Å². The van der Waals surface area contributed by atoms with Gasteiger partial charge >= 0.3 is 5.97 Å². The van der Waals surface area contributed by atoms with Crippen LogP contribution in [0.1, 0.15) is 20.7 Å². The van der Waals surface area contributed by atoms with Crippen molar-refractivity contribution in [1.29, 1.82) is 0 Å². The van der Waals surface area contributed by atoms with Gasteiger partial charge < -0.3 is 15.2 Å². The highest BCUT2D eigenvalue weighted by Crippen LogP contribution is 2.37. The summed E-state index contributed by atoms with van der Waals surface area (Å²) in [6.07, 6.45) is 0. The molecule has 29 heavy (non-hydrogen) atoms. The summed E-state index contributed by atoms with van der Waals surface area (Å²) in [7, 11) is 1.02. The fourth-order valence-electron chi connectivity index (χ4n) is 2.59. The van der Waals surface area contributed by atoms with E-state index >= 15 is 0 Å². The standard InChI is InChI=1S/C19H11F3INO4S/c1-28-12-6-10(20)13(16(22)15(12)21)18(25)24-11-7-29-17(14(11)19(26)27)8-2-4-9(23)5-3-8/h2-7H,1H3,(H,24,25)(H,26,27). The second-order valence-electron chi connectivity index (χ2n) is 5.68. The molecule has 3 rings (SSSR count). The zero-order valence-corrected chi connectivity index (χ0v) is 17.5. The lowest BCUT2D eigenvalue weighted by atomic mass is 10.1. The lowest BCUT2D eigenvalue weighted by Crippen LogP contribution is -2.18. The van der Waals surface area contributed by atoms with Crippen molar-refractivity contribution < 1.29 is 32.6 Å². The first-order valence-electron chi connectivity index (χ1n) is 7.88. The fraction of sp³-hybridized carbons (Fsp3) is 0.0526. The van der Waals surface area contributed by atoms with E-state index in [1.807, 2.05) is 0 Å². The zero-order chi connectivity index (χ0) is 21.3. The molecule has 10 heteroatoms. The highest BCUT2D eigenvalue weighted by molar-refractivity contribution is 14.1. The number of carboxylic acids is 1. The summed E-state index contributed by atoms with van der Waals surface area (Å²) in [5.74, 6) is -7.96. The van der Waals surface area contributed by atoms with Crippen LogP contribution < -0.4 is 10.1 Å². The summed E-state index contributed by atoms with van der Waals surface area (Å²) < 4.78 is 47.6. The van der Waals surface area contributed by atoms with Gasteiger partial charge in [-0.3, -0.25) is 4.79 Å². The minimum Gasteiger partial charge on any atom is -0.493 e. The molecule has 1 heterocycles. The summed E-state index contributed by atoms with van der Waals surface area (Å²) in [4.78, 5) is 24.5. The monoisotopic (exact) mass is 533 g/mol. The molecule has 0 bridgehead atoms. The first kappa shape index (κ1) is 21.1. The van der Waals surface area contributed by atoms with Crippen molar-refractivity contribution in [3.05, 3.63) is 67.9 Å². The summed E-state index contributed by atoms with van der Waals surface area (Å²) in [6.45, 7) is 0. The number of benzene rings is 2. The molecule has 0 spiro atoms. The molecule has 0 aliphatic rings. The van der Waals surface area contributed by atoms with E-state index in [2.05, 4.69) is 32.6 Å². The first-order valence-corrected chi connectivity index (χ1v) is 9.84. The molecule has 0 fully saturated rings. The highest BCUT2D eigenvalue weighted by atomic mass is 127. The number of ether oxygens (including phenoxy) is 1. The maximum Gasteiger partial charge on any atom is 0.339 e. The minimum atomic E-state index is -1.73. The van der Waals surface area contributed by atoms with E-state index in [0.29, 0.717) is 16.5 Å². The fourth-order valence-corrected chi connectivity index (χ4v) is 3.95. The number of carbonyl (C=O) groups excluding carboxylic acids is 1. The van der Waals surface area contributed by atoms with E-state index in [4.69, 9.17) is 0 Å². The van der Waals surface area contributed by atoms with Crippen molar-refractivity contribution in [2.24, 2.45) is 0 Å². The molecule has 1 aromatic heterocycles. The number of carboxylic acid groups (broad SMARTS) is 1. The zero-order valence-electron chi connectivity index (χ0n) is 14.6. The number of rotatable bonds is 5. The molecule has 2 aromatic carbocycles.